The fourth-order valence-electron chi connectivity index (χ4n) is 3.50. The number of nitrogens with two attached hydrogens (primary N) is 1. The van der Waals surface area contributed by atoms with Crippen molar-refractivity contribution in [2.75, 3.05) is 13.3 Å². The number of aliphatic imine (C=N–C) groups is 1. The summed E-state index contributed by atoms with van der Waals surface area (Å²) in [5, 5.41) is 0. The molecule has 7 heteroatoms. The molecule has 2 aliphatic heterocycles. The first-order chi connectivity index (χ1) is 10.5. The van der Waals surface area contributed by atoms with Gasteiger partial charge in [0.15, 0.2) is 0 Å². The molecule has 1 fully saturated rings. The van der Waals surface area contributed by atoms with E-state index in [0.717, 1.165) is 0 Å². The molecule has 22 heavy (non-hydrogen) atoms. The first-order valence-corrected chi connectivity index (χ1v) is 7.08. The molecule has 1 aromatic carbocycles. The SMILES string of the molecule is C[C@H]1O[C@@H](CF)[C@H]2[C@@H]1OC(N)=N[C@]2(CF)c1ccccc1F. The lowest BCUT2D eigenvalue weighted by molar-refractivity contribution is 0.0115. The Morgan fingerprint density at radius 3 is 2.68 bits per heavy atom. The van der Waals surface area contributed by atoms with Gasteiger partial charge in [0, 0.05) is 5.56 Å². The topological polar surface area (TPSA) is 56.8 Å². The number of alkyl halides is 2. The van der Waals surface area contributed by atoms with Crippen molar-refractivity contribution in [1.82, 2.24) is 0 Å². The van der Waals surface area contributed by atoms with Crippen LogP contribution in [-0.2, 0) is 15.0 Å². The second-order valence-electron chi connectivity index (χ2n) is 5.63. The van der Waals surface area contributed by atoms with Crippen LogP contribution < -0.4 is 5.73 Å². The molecule has 1 saturated heterocycles. The highest BCUT2D eigenvalue weighted by molar-refractivity contribution is 5.73. The van der Waals surface area contributed by atoms with Gasteiger partial charge in [0.25, 0.3) is 6.02 Å². The van der Waals surface area contributed by atoms with Gasteiger partial charge in [0.05, 0.1) is 18.1 Å². The van der Waals surface area contributed by atoms with Crippen LogP contribution in [0.4, 0.5) is 13.2 Å². The van der Waals surface area contributed by atoms with E-state index in [9.17, 15) is 13.2 Å². The molecule has 5 atom stereocenters. The van der Waals surface area contributed by atoms with Crippen LogP contribution >= 0.6 is 0 Å². The smallest absolute Gasteiger partial charge is 0.283 e. The lowest BCUT2D eigenvalue weighted by atomic mass is 9.73. The predicted octanol–water partition coefficient (Wildman–Crippen LogP) is 2.08. The minimum Gasteiger partial charge on any atom is -0.459 e. The molecule has 4 nitrogen and oxygen atoms in total. The molecular formula is C15H17F3N2O2. The van der Waals surface area contributed by atoms with Crippen LogP contribution in [0.3, 0.4) is 0 Å². The average molecular weight is 314 g/mol. The fourth-order valence-corrected chi connectivity index (χ4v) is 3.50. The van der Waals surface area contributed by atoms with Crippen LogP contribution in [0.1, 0.15) is 12.5 Å². The van der Waals surface area contributed by atoms with E-state index in [2.05, 4.69) is 4.99 Å². The van der Waals surface area contributed by atoms with Crippen molar-refractivity contribution in [3.05, 3.63) is 35.6 Å². The van der Waals surface area contributed by atoms with Crippen LogP contribution in [0.15, 0.2) is 29.3 Å². The summed E-state index contributed by atoms with van der Waals surface area (Å²) in [6.45, 7) is -0.164. The number of halogens is 3. The van der Waals surface area contributed by atoms with Crippen LogP contribution in [0.2, 0.25) is 0 Å². The van der Waals surface area contributed by atoms with Crippen molar-refractivity contribution in [2.45, 2.75) is 30.8 Å². The molecule has 0 aromatic heterocycles. The Kier molecular flexibility index (Phi) is 3.76. The highest BCUT2D eigenvalue weighted by atomic mass is 19.1. The molecular weight excluding hydrogens is 297 g/mol. The Labute approximate surface area is 126 Å². The van der Waals surface area contributed by atoms with Gasteiger partial charge in [-0.3, -0.25) is 0 Å². The molecule has 2 aliphatic rings. The number of nitrogens with zero attached hydrogens (tertiary/aromatic N) is 1. The molecule has 0 unspecified atom stereocenters. The number of hydrogen-bond donors (Lipinski definition) is 1. The monoisotopic (exact) mass is 314 g/mol. The van der Waals surface area contributed by atoms with E-state index in [1.54, 1.807) is 13.0 Å². The van der Waals surface area contributed by atoms with Gasteiger partial charge in [-0.1, -0.05) is 18.2 Å². The van der Waals surface area contributed by atoms with Crippen molar-refractivity contribution < 1.29 is 22.6 Å². The Balaban J connectivity index is 2.19. The Morgan fingerprint density at radius 1 is 1.32 bits per heavy atom. The van der Waals surface area contributed by atoms with Crippen molar-refractivity contribution in [2.24, 2.45) is 16.6 Å². The van der Waals surface area contributed by atoms with E-state index in [1.807, 2.05) is 0 Å². The molecule has 120 valence electrons. The van der Waals surface area contributed by atoms with E-state index in [-0.39, 0.29) is 11.6 Å². The van der Waals surface area contributed by atoms with Gasteiger partial charge < -0.3 is 15.2 Å². The molecule has 2 N–H and O–H groups in total. The lowest BCUT2D eigenvalue weighted by Gasteiger charge is -2.41. The molecule has 0 aliphatic carbocycles. The molecule has 0 radical (unpaired) electrons. The third kappa shape index (κ3) is 2.06. The van der Waals surface area contributed by atoms with Crippen LogP contribution in [0, 0.1) is 11.7 Å². The Hall–Kier alpha value is -1.76. The zero-order valence-electron chi connectivity index (χ0n) is 12.0. The average Bonchev–Trinajstić information content (AvgIpc) is 2.84. The molecule has 0 spiro atoms. The van der Waals surface area contributed by atoms with Gasteiger partial charge in [-0.2, -0.15) is 0 Å². The predicted molar refractivity (Wildman–Crippen MR) is 74.3 cm³/mol. The molecule has 0 amide bonds. The van der Waals surface area contributed by atoms with Crippen molar-refractivity contribution in [1.29, 1.82) is 0 Å². The lowest BCUT2D eigenvalue weighted by Crippen LogP contribution is -2.53. The van der Waals surface area contributed by atoms with E-state index in [1.165, 1.54) is 18.2 Å². The quantitative estimate of drug-likeness (QED) is 0.929. The maximum absolute atomic E-state index is 14.3. The zero-order valence-corrected chi connectivity index (χ0v) is 12.0. The van der Waals surface area contributed by atoms with Crippen molar-refractivity contribution in [3.63, 3.8) is 0 Å². The highest BCUT2D eigenvalue weighted by Crippen LogP contribution is 2.48. The van der Waals surface area contributed by atoms with Crippen LogP contribution in [0.25, 0.3) is 0 Å². The summed E-state index contributed by atoms with van der Waals surface area (Å²) < 4.78 is 52.6. The summed E-state index contributed by atoms with van der Waals surface area (Å²) in [4.78, 5) is 4.05. The normalized spacial score (nSPS) is 37.4. The number of amidine groups is 1. The van der Waals surface area contributed by atoms with E-state index in [0.29, 0.717) is 0 Å². The summed E-state index contributed by atoms with van der Waals surface area (Å²) in [6.07, 6.45) is -2.08. The van der Waals surface area contributed by atoms with Gasteiger partial charge in [0.2, 0.25) is 0 Å². The minimum atomic E-state index is -1.64. The third-order valence-electron chi connectivity index (χ3n) is 4.42. The van der Waals surface area contributed by atoms with Gasteiger partial charge in [0.1, 0.15) is 30.8 Å². The van der Waals surface area contributed by atoms with Crippen LogP contribution in [0.5, 0.6) is 0 Å². The van der Waals surface area contributed by atoms with E-state index < -0.39 is 48.9 Å². The number of fused-ring (bicyclic) bond motifs is 1. The van der Waals surface area contributed by atoms with Crippen molar-refractivity contribution in [3.8, 4) is 0 Å². The zero-order chi connectivity index (χ0) is 15.9. The second-order valence-corrected chi connectivity index (χ2v) is 5.63. The second kappa shape index (κ2) is 5.46. The third-order valence-corrected chi connectivity index (χ3v) is 4.42. The first kappa shape index (κ1) is 15.1. The molecule has 0 saturated carbocycles. The van der Waals surface area contributed by atoms with Crippen LogP contribution in [-0.4, -0.2) is 37.7 Å². The number of hydrogen-bond acceptors (Lipinski definition) is 4. The van der Waals surface area contributed by atoms with Gasteiger partial charge in [-0.25, -0.2) is 18.2 Å². The summed E-state index contributed by atoms with van der Waals surface area (Å²) in [7, 11) is 0. The molecule has 0 bridgehead atoms. The number of benzene rings is 1. The maximum atomic E-state index is 14.3. The van der Waals surface area contributed by atoms with Gasteiger partial charge >= 0.3 is 0 Å². The highest BCUT2D eigenvalue weighted by Gasteiger charge is 2.59. The Morgan fingerprint density at radius 2 is 2.05 bits per heavy atom. The Bertz CT molecular complexity index is 598. The van der Waals surface area contributed by atoms with Crippen molar-refractivity contribution >= 4 is 6.02 Å². The largest absolute Gasteiger partial charge is 0.459 e. The maximum Gasteiger partial charge on any atom is 0.283 e. The molecule has 1 aromatic rings. The summed E-state index contributed by atoms with van der Waals surface area (Å²) >= 11 is 0. The van der Waals surface area contributed by atoms with Gasteiger partial charge in [-0.15, -0.1) is 0 Å². The first-order valence-electron chi connectivity index (χ1n) is 7.08. The van der Waals surface area contributed by atoms with E-state index in [4.69, 9.17) is 15.2 Å². The minimum absolute atomic E-state index is 0.0369. The van der Waals surface area contributed by atoms with Gasteiger partial charge in [-0.05, 0) is 13.0 Å². The summed E-state index contributed by atoms with van der Waals surface area (Å²) in [6, 6.07) is 5.49. The standard InChI is InChI=1S/C15H17F3N2O2/c1-8-13-12(11(6-16)21-8)15(7-17,20-14(19)22-13)9-4-2-3-5-10(9)18/h2-5,8,11-13H,6-7H2,1H3,(H2,19,20)/t8-,11+,12+,13-,15-/m1/s1. The number of rotatable bonds is 3. The molecule has 2 heterocycles. The fraction of sp³-hybridized carbons (Fsp3) is 0.533. The summed E-state index contributed by atoms with van der Waals surface area (Å²) in [5.41, 5.74) is 4.07. The summed E-state index contributed by atoms with van der Waals surface area (Å²) in [5.74, 6) is -1.41. The molecule has 3 rings (SSSR count). The number of ether oxygens (including phenoxy) is 2. The van der Waals surface area contributed by atoms with E-state index >= 15 is 0 Å².